The second-order valence-corrected chi connectivity index (χ2v) is 9.09. The summed E-state index contributed by atoms with van der Waals surface area (Å²) in [4.78, 5) is 43.9. The maximum atomic E-state index is 13.8. The molecule has 0 spiro atoms. The van der Waals surface area contributed by atoms with Crippen molar-refractivity contribution in [2.24, 2.45) is 0 Å². The molecule has 2 heterocycles. The lowest BCUT2D eigenvalue weighted by Crippen LogP contribution is -2.45. The van der Waals surface area contributed by atoms with Crippen molar-refractivity contribution in [3.8, 4) is 0 Å². The maximum Gasteiger partial charge on any atom is 0.421 e. The predicted molar refractivity (Wildman–Crippen MR) is 131 cm³/mol. The Morgan fingerprint density at radius 2 is 1.92 bits per heavy atom. The molecule has 2 aliphatic rings. The van der Waals surface area contributed by atoms with Gasteiger partial charge in [0.2, 0.25) is 18.1 Å². The van der Waals surface area contributed by atoms with Gasteiger partial charge in [0.15, 0.2) is 0 Å². The van der Waals surface area contributed by atoms with E-state index in [4.69, 9.17) is 0 Å². The van der Waals surface area contributed by atoms with Gasteiger partial charge in [-0.1, -0.05) is 19.1 Å². The molecule has 1 atom stereocenters. The summed E-state index contributed by atoms with van der Waals surface area (Å²) in [5, 5.41) is 8.35. The summed E-state index contributed by atoms with van der Waals surface area (Å²) in [5.74, 6) is -1.37. The highest BCUT2D eigenvalue weighted by molar-refractivity contribution is 6.23. The fraction of sp³-hybridized carbons (Fsp3) is 0.400. The van der Waals surface area contributed by atoms with Gasteiger partial charge in [-0.05, 0) is 55.4 Å². The first-order chi connectivity index (χ1) is 17.7. The van der Waals surface area contributed by atoms with Crippen molar-refractivity contribution >= 4 is 41.2 Å². The van der Waals surface area contributed by atoms with E-state index in [-0.39, 0.29) is 30.5 Å². The number of amides is 2. The van der Waals surface area contributed by atoms with Gasteiger partial charge in [-0.3, -0.25) is 14.4 Å². The van der Waals surface area contributed by atoms with Gasteiger partial charge in [0.1, 0.15) is 11.4 Å². The van der Waals surface area contributed by atoms with E-state index in [0.29, 0.717) is 37.2 Å². The minimum Gasteiger partial charge on any atom is -0.350 e. The molecule has 1 aliphatic heterocycles. The molecule has 37 heavy (non-hydrogen) atoms. The normalized spacial score (nSPS) is 17.9. The van der Waals surface area contributed by atoms with Gasteiger partial charge in [0.25, 0.3) is 5.91 Å². The van der Waals surface area contributed by atoms with Gasteiger partial charge in [-0.15, -0.1) is 0 Å². The Morgan fingerprint density at radius 3 is 2.57 bits per heavy atom. The number of hydrogen-bond donors (Lipinski definition) is 3. The average molecular weight is 517 g/mol. The molecule has 4 rings (SSSR count). The van der Waals surface area contributed by atoms with Crippen LogP contribution in [0.3, 0.4) is 0 Å². The van der Waals surface area contributed by atoms with E-state index in [1.54, 1.807) is 12.1 Å². The summed E-state index contributed by atoms with van der Waals surface area (Å²) in [6.45, 7) is 4.06. The first-order valence-corrected chi connectivity index (χ1v) is 12.0. The average Bonchev–Trinajstić information content (AvgIpc) is 2.83. The third-order valence-electron chi connectivity index (χ3n) is 6.58. The molecule has 1 saturated heterocycles. The summed E-state index contributed by atoms with van der Waals surface area (Å²) < 4.78 is 41.4. The van der Waals surface area contributed by atoms with Crippen molar-refractivity contribution in [2.75, 3.05) is 29.0 Å². The molecular weight excluding hydrogens is 489 g/mol. The molecule has 2 aromatic rings. The van der Waals surface area contributed by atoms with Crippen molar-refractivity contribution in [3.05, 3.63) is 48.2 Å². The summed E-state index contributed by atoms with van der Waals surface area (Å²) in [6, 6.07) is 4.85. The number of likely N-dealkylation sites (tertiary alicyclic amines) is 1. The molecule has 0 unspecified atom stereocenters. The minimum absolute atomic E-state index is 0.0660. The fourth-order valence-corrected chi connectivity index (χ4v) is 4.39. The zero-order valence-corrected chi connectivity index (χ0v) is 20.0. The van der Waals surface area contributed by atoms with E-state index in [2.05, 4.69) is 32.5 Å². The lowest BCUT2D eigenvalue weighted by molar-refractivity contribution is -0.139. The summed E-state index contributed by atoms with van der Waals surface area (Å²) >= 11 is 0. The van der Waals surface area contributed by atoms with Crippen molar-refractivity contribution in [2.45, 2.75) is 50.2 Å². The van der Waals surface area contributed by atoms with Crippen LogP contribution in [0.4, 0.5) is 36.3 Å². The lowest BCUT2D eigenvalue weighted by Gasteiger charge is -2.32. The first kappa shape index (κ1) is 26.1. The molecule has 196 valence electrons. The highest BCUT2D eigenvalue weighted by Gasteiger charge is 2.36. The van der Waals surface area contributed by atoms with Gasteiger partial charge < -0.3 is 20.9 Å². The highest BCUT2D eigenvalue weighted by Crippen LogP contribution is 2.40. The zero-order chi connectivity index (χ0) is 26.6. The summed E-state index contributed by atoms with van der Waals surface area (Å²) in [5.41, 5.74) is 0.451. The Labute approximate surface area is 211 Å². The second kappa shape index (κ2) is 11.0. The Balaban J connectivity index is 1.62. The van der Waals surface area contributed by atoms with Crippen LogP contribution in [-0.4, -0.2) is 52.1 Å². The number of benzene rings is 1. The summed E-state index contributed by atoms with van der Waals surface area (Å²) in [7, 11) is 0. The molecule has 2 amide bonds. The van der Waals surface area contributed by atoms with E-state index in [1.807, 2.05) is 6.07 Å². The minimum atomic E-state index is -4.74. The topological polar surface area (TPSA) is 116 Å². The van der Waals surface area contributed by atoms with Crippen LogP contribution in [0, 0.1) is 0 Å². The van der Waals surface area contributed by atoms with Crippen molar-refractivity contribution < 1.29 is 27.6 Å². The maximum absolute atomic E-state index is 13.8. The van der Waals surface area contributed by atoms with Gasteiger partial charge in [0.05, 0.1) is 11.4 Å². The molecule has 0 radical (unpaired) electrons. The largest absolute Gasteiger partial charge is 0.421 e. The smallest absolute Gasteiger partial charge is 0.350 e. The van der Waals surface area contributed by atoms with Crippen molar-refractivity contribution in [3.63, 3.8) is 0 Å². The number of halogens is 3. The molecular formula is C25H27F3N6O3. The number of carbonyl (C=O) groups is 3. The number of hydrogen-bond acceptors (Lipinski definition) is 7. The lowest BCUT2D eigenvalue weighted by atomic mass is 9.80. The van der Waals surface area contributed by atoms with Crippen LogP contribution < -0.4 is 16.0 Å². The van der Waals surface area contributed by atoms with Gasteiger partial charge in [-0.25, -0.2) is 4.98 Å². The molecule has 3 N–H and O–H groups in total. The quantitative estimate of drug-likeness (QED) is 0.273. The van der Waals surface area contributed by atoms with Crippen LogP contribution in [0.15, 0.2) is 37.1 Å². The molecule has 0 bridgehead atoms. The number of aldehydes is 1. The van der Waals surface area contributed by atoms with Crippen LogP contribution in [0.5, 0.6) is 0 Å². The monoisotopic (exact) mass is 516 g/mol. The van der Waals surface area contributed by atoms with E-state index >= 15 is 0 Å². The van der Waals surface area contributed by atoms with Crippen LogP contribution in [0.1, 0.15) is 49.1 Å². The Hall–Kier alpha value is -3.96. The predicted octanol–water partition coefficient (Wildman–Crippen LogP) is 4.23. The van der Waals surface area contributed by atoms with E-state index < -0.39 is 29.4 Å². The van der Waals surface area contributed by atoms with E-state index in [1.165, 1.54) is 4.90 Å². The van der Waals surface area contributed by atoms with Gasteiger partial charge in [0, 0.05) is 25.3 Å². The van der Waals surface area contributed by atoms with Crippen molar-refractivity contribution in [1.82, 2.24) is 14.9 Å². The molecule has 1 aromatic carbocycles. The number of anilines is 4. The number of carbonyl (C=O) groups excluding carboxylic acids is 3. The third-order valence-corrected chi connectivity index (χ3v) is 6.58. The molecule has 12 heteroatoms. The second-order valence-electron chi connectivity index (χ2n) is 9.09. The standard InChI is InChI=1S/C25H27F3N6O3/c1-2-21(36)31-20-11-16(15-5-3-6-15)8-9-19(20)32-23-18(25(26,27)28)12-29-24(33-23)30-17-7-4-10-34(13-17)22(37)14-35/h2,8-9,11-12,14-15,17H,1,3-7,10,13H2,(H,31,36)(H2,29,30,32,33)/t17-/m0/s1. The van der Waals surface area contributed by atoms with Crippen LogP contribution in [0.25, 0.3) is 0 Å². The number of nitrogens with one attached hydrogen (secondary N) is 3. The van der Waals surface area contributed by atoms with Gasteiger partial charge in [-0.2, -0.15) is 18.2 Å². The van der Waals surface area contributed by atoms with E-state index in [0.717, 1.165) is 30.9 Å². The number of rotatable bonds is 8. The number of alkyl halides is 3. The fourth-order valence-electron chi connectivity index (χ4n) is 4.39. The SMILES string of the molecule is C=CC(=O)Nc1cc(C2CCC2)ccc1Nc1nc(N[C@H]2CCCN(C(=O)C=O)C2)ncc1C(F)(F)F. The Kier molecular flexibility index (Phi) is 7.74. The zero-order valence-electron chi connectivity index (χ0n) is 20.0. The van der Waals surface area contributed by atoms with Crippen LogP contribution in [-0.2, 0) is 20.6 Å². The molecule has 1 aromatic heterocycles. The Morgan fingerprint density at radius 1 is 1.14 bits per heavy atom. The van der Waals surface area contributed by atoms with E-state index in [9.17, 15) is 27.6 Å². The van der Waals surface area contributed by atoms with Crippen LogP contribution >= 0.6 is 0 Å². The Bertz CT molecular complexity index is 1200. The molecule has 1 aliphatic carbocycles. The summed E-state index contributed by atoms with van der Waals surface area (Å²) in [6.07, 6.45) is 1.62. The van der Waals surface area contributed by atoms with Crippen molar-refractivity contribution in [1.29, 1.82) is 0 Å². The molecule has 2 fully saturated rings. The first-order valence-electron chi connectivity index (χ1n) is 12.0. The van der Waals surface area contributed by atoms with Crippen LogP contribution in [0.2, 0.25) is 0 Å². The molecule has 9 nitrogen and oxygen atoms in total. The third kappa shape index (κ3) is 6.25. The molecule has 1 saturated carbocycles. The number of piperidine rings is 1. The number of aromatic nitrogens is 2. The number of nitrogens with zero attached hydrogens (tertiary/aromatic N) is 3. The van der Waals surface area contributed by atoms with Gasteiger partial charge >= 0.3 is 6.18 Å². The highest BCUT2D eigenvalue weighted by atomic mass is 19.4.